The number of hydrogen-bond acceptors (Lipinski definition) is 2. The second-order valence-electron chi connectivity index (χ2n) is 7.48. The van der Waals surface area contributed by atoms with Crippen LogP contribution in [0.3, 0.4) is 0 Å². The lowest BCUT2D eigenvalue weighted by molar-refractivity contribution is -0.00559. The lowest BCUT2D eigenvalue weighted by Gasteiger charge is -2.40. The van der Waals surface area contributed by atoms with Crippen LogP contribution in [0.25, 0.3) is 0 Å². The third kappa shape index (κ3) is 5.16. The molecule has 27 heavy (non-hydrogen) atoms. The van der Waals surface area contributed by atoms with Crippen molar-refractivity contribution >= 4 is 44.3 Å². The van der Waals surface area contributed by atoms with Crippen LogP contribution in [0.4, 0.5) is 0 Å². The molecule has 0 radical (unpaired) electrons. The Kier molecular flexibility index (Phi) is 7.81. The first kappa shape index (κ1) is 21.3. The Bertz CT molecular complexity index is 743. The zero-order valence-electron chi connectivity index (χ0n) is 15.3. The van der Waals surface area contributed by atoms with Gasteiger partial charge in [0.15, 0.2) is 0 Å². The van der Waals surface area contributed by atoms with Gasteiger partial charge in [-0.05, 0) is 79.6 Å². The zero-order chi connectivity index (χ0) is 17.9. The van der Waals surface area contributed by atoms with E-state index < -0.39 is 0 Å². The molecule has 5 heteroatoms. The molecule has 0 bridgehead atoms. The molecule has 146 valence electrons. The van der Waals surface area contributed by atoms with Gasteiger partial charge in [0.05, 0.1) is 12.7 Å². The first-order chi connectivity index (χ1) is 12.7. The van der Waals surface area contributed by atoms with Crippen molar-refractivity contribution in [1.29, 1.82) is 0 Å². The smallest absolute Gasteiger partial charge is 0.0721 e. The number of halogens is 3. The number of piperidine rings is 1. The largest absolute Gasteiger partial charge is 0.373 e. The number of nitrogens with one attached hydrogen (secondary N) is 1. The van der Waals surface area contributed by atoms with Crippen molar-refractivity contribution in [3.05, 3.63) is 68.1 Å². The van der Waals surface area contributed by atoms with Gasteiger partial charge < -0.3 is 10.1 Å². The van der Waals surface area contributed by atoms with E-state index in [0.717, 1.165) is 40.8 Å². The van der Waals surface area contributed by atoms with E-state index >= 15 is 0 Å². The Morgan fingerprint density at radius 3 is 2.41 bits per heavy atom. The molecule has 0 saturated carbocycles. The molecule has 0 spiro atoms. The molecule has 2 aliphatic rings. The molecular weight excluding hydrogens is 490 g/mol. The van der Waals surface area contributed by atoms with Gasteiger partial charge in [-0.25, -0.2) is 0 Å². The summed E-state index contributed by atoms with van der Waals surface area (Å²) < 4.78 is 8.72. The predicted molar refractivity (Wildman–Crippen MR) is 121 cm³/mol. The number of fused-ring (bicyclic) bond motifs is 1. The Morgan fingerprint density at radius 1 is 0.963 bits per heavy atom. The van der Waals surface area contributed by atoms with Crippen molar-refractivity contribution in [1.82, 2.24) is 5.32 Å². The second kappa shape index (κ2) is 9.89. The summed E-state index contributed by atoms with van der Waals surface area (Å²) in [6, 6.07) is 15.4. The third-order valence-electron chi connectivity index (χ3n) is 5.79. The summed E-state index contributed by atoms with van der Waals surface area (Å²) in [6.45, 7) is 2.94. The molecule has 1 aliphatic carbocycles. The SMILES string of the molecule is Brc1cc(Br)cc(COC2CCc3ccccc3C2C2CCNCC2)c1.Cl. The molecule has 2 aromatic rings. The molecule has 2 atom stereocenters. The van der Waals surface area contributed by atoms with Gasteiger partial charge in [-0.3, -0.25) is 0 Å². The fourth-order valence-corrected chi connectivity index (χ4v) is 6.00. The minimum Gasteiger partial charge on any atom is -0.373 e. The maximum Gasteiger partial charge on any atom is 0.0721 e. The monoisotopic (exact) mass is 513 g/mol. The lowest BCUT2D eigenvalue weighted by atomic mass is 9.71. The van der Waals surface area contributed by atoms with Crippen molar-refractivity contribution < 1.29 is 4.74 Å². The molecule has 0 amide bonds. The van der Waals surface area contributed by atoms with E-state index in [0.29, 0.717) is 18.6 Å². The number of aryl methyl sites for hydroxylation is 1. The highest BCUT2D eigenvalue weighted by Crippen LogP contribution is 2.42. The highest BCUT2D eigenvalue weighted by Gasteiger charge is 2.36. The van der Waals surface area contributed by atoms with E-state index in [9.17, 15) is 0 Å². The van der Waals surface area contributed by atoms with Crippen molar-refractivity contribution in [2.24, 2.45) is 5.92 Å². The number of benzene rings is 2. The molecule has 2 unspecified atom stereocenters. The molecule has 1 aliphatic heterocycles. The van der Waals surface area contributed by atoms with Gasteiger partial charge in [0.25, 0.3) is 0 Å². The van der Waals surface area contributed by atoms with Gasteiger partial charge in [-0.15, -0.1) is 12.4 Å². The van der Waals surface area contributed by atoms with E-state index in [2.05, 4.69) is 79.6 Å². The third-order valence-corrected chi connectivity index (χ3v) is 6.71. The van der Waals surface area contributed by atoms with Crippen LogP contribution < -0.4 is 5.32 Å². The topological polar surface area (TPSA) is 21.3 Å². The van der Waals surface area contributed by atoms with Gasteiger partial charge >= 0.3 is 0 Å². The van der Waals surface area contributed by atoms with E-state index in [-0.39, 0.29) is 12.4 Å². The van der Waals surface area contributed by atoms with Crippen molar-refractivity contribution in [3.63, 3.8) is 0 Å². The number of rotatable bonds is 4. The van der Waals surface area contributed by atoms with Crippen LogP contribution in [0.2, 0.25) is 0 Å². The Morgan fingerprint density at radius 2 is 1.67 bits per heavy atom. The molecular formula is C22H26Br2ClNO. The average Bonchev–Trinajstić information content (AvgIpc) is 2.66. The fraction of sp³-hybridized carbons (Fsp3) is 0.455. The van der Waals surface area contributed by atoms with Crippen molar-refractivity contribution in [2.75, 3.05) is 13.1 Å². The molecule has 1 fully saturated rings. The maximum absolute atomic E-state index is 6.54. The van der Waals surface area contributed by atoms with Crippen LogP contribution in [-0.2, 0) is 17.8 Å². The highest BCUT2D eigenvalue weighted by molar-refractivity contribution is 9.11. The summed E-state index contributed by atoms with van der Waals surface area (Å²) in [4.78, 5) is 0. The van der Waals surface area contributed by atoms with Crippen LogP contribution in [-0.4, -0.2) is 19.2 Å². The van der Waals surface area contributed by atoms with Crippen LogP contribution in [0, 0.1) is 5.92 Å². The molecule has 2 nitrogen and oxygen atoms in total. The number of ether oxygens (including phenoxy) is 1. The van der Waals surface area contributed by atoms with Crippen LogP contribution >= 0.6 is 44.3 Å². The van der Waals surface area contributed by atoms with Crippen molar-refractivity contribution in [3.8, 4) is 0 Å². The highest BCUT2D eigenvalue weighted by atomic mass is 79.9. The van der Waals surface area contributed by atoms with Crippen molar-refractivity contribution in [2.45, 2.75) is 44.3 Å². The summed E-state index contributed by atoms with van der Waals surface area (Å²) in [5.41, 5.74) is 4.28. The quantitative estimate of drug-likeness (QED) is 0.520. The second-order valence-corrected chi connectivity index (χ2v) is 9.31. The average molecular weight is 516 g/mol. The molecule has 2 aromatic carbocycles. The zero-order valence-corrected chi connectivity index (χ0v) is 19.3. The molecule has 1 N–H and O–H groups in total. The van der Waals surface area contributed by atoms with Crippen LogP contribution in [0.1, 0.15) is 41.9 Å². The summed E-state index contributed by atoms with van der Waals surface area (Å²) in [5, 5.41) is 3.51. The van der Waals surface area contributed by atoms with E-state index in [1.54, 1.807) is 0 Å². The first-order valence-electron chi connectivity index (χ1n) is 9.56. The van der Waals surface area contributed by atoms with E-state index in [4.69, 9.17) is 4.74 Å². The summed E-state index contributed by atoms with van der Waals surface area (Å²) in [6.07, 6.45) is 5.07. The number of hydrogen-bond donors (Lipinski definition) is 1. The lowest BCUT2D eigenvalue weighted by Crippen LogP contribution is -2.38. The summed E-state index contributed by atoms with van der Waals surface area (Å²) >= 11 is 7.16. The summed E-state index contributed by atoms with van der Waals surface area (Å²) in [7, 11) is 0. The minimum absolute atomic E-state index is 0. The molecule has 1 saturated heterocycles. The standard InChI is InChI=1S/C22H25Br2NO.ClH/c23-18-11-15(12-19(24)13-18)14-26-21-6-5-16-3-1-2-4-20(16)22(21)17-7-9-25-10-8-17;/h1-4,11-13,17,21-22,25H,5-10,14H2;1H. The Hall–Kier alpha value is -0.390. The fourth-order valence-electron chi connectivity index (χ4n) is 4.61. The minimum atomic E-state index is 0. The van der Waals surface area contributed by atoms with Gasteiger partial charge in [0.1, 0.15) is 0 Å². The van der Waals surface area contributed by atoms with Gasteiger partial charge in [-0.1, -0.05) is 56.1 Å². The van der Waals surface area contributed by atoms with Gasteiger partial charge in [0.2, 0.25) is 0 Å². The molecule has 0 aromatic heterocycles. The van der Waals surface area contributed by atoms with Gasteiger partial charge in [0, 0.05) is 14.9 Å². The summed E-state index contributed by atoms with van der Waals surface area (Å²) in [5.74, 6) is 1.24. The van der Waals surface area contributed by atoms with Gasteiger partial charge in [-0.2, -0.15) is 0 Å². The normalized spacial score (nSPS) is 22.7. The van der Waals surface area contributed by atoms with E-state index in [1.165, 1.54) is 29.5 Å². The van der Waals surface area contributed by atoms with Crippen LogP contribution in [0.15, 0.2) is 51.4 Å². The van der Waals surface area contributed by atoms with E-state index in [1.807, 2.05) is 0 Å². The Balaban J connectivity index is 0.00000210. The predicted octanol–water partition coefficient (Wildman–Crippen LogP) is 6.25. The van der Waals surface area contributed by atoms with Crippen LogP contribution in [0.5, 0.6) is 0 Å². The first-order valence-corrected chi connectivity index (χ1v) is 11.1. The molecule has 4 rings (SSSR count). The Labute approximate surface area is 185 Å². The molecule has 1 heterocycles. The maximum atomic E-state index is 6.54.